The monoisotopic (exact) mass is 370 g/mol. The van der Waals surface area contributed by atoms with E-state index >= 15 is 0 Å². The molecule has 0 fully saturated rings. The van der Waals surface area contributed by atoms with Gasteiger partial charge in [0.2, 0.25) is 0 Å². The number of hydrogen-bond acceptors (Lipinski definition) is 5. The Kier molecular flexibility index (Phi) is 4.46. The van der Waals surface area contributed by atoms with E-state index in [0.717, 1.165) is 37.2 Å². The van der Waals surface area contributed by atoms with E-state index in [1.807, 2.05) is 18.5 Å². The van der Waals surface area contributed by atoms with E-state index < -0.39 is 0 Å². The van der Waals surface area contributed by atoms with E-state index in [-0.39, 0.29) is 10.6 Å². The van der Waals surface area contributed by atoms with Crippen LogP contribution in [-0.2, 0) is 25.9 Å². The van der Waals surface area contributed by atoms with Gasteiger partial charge in [0, 0.05) is 42.7 Å². The van der Waals surface area contributed by atoms with Gasteiger partial charge in [0.15, 0.2) is 0 Å². The Balaban J connectivity index is 1.59. The van der Waals surface area contributed by atoms with Crippen molar-refractivity contribution in [3.05, 3.63) is 68.6 Å². The molecule has 0 radical (unpaired) electrons. The molecule has 0 saturated heterocycles. The van der Waals surface area contributed by atoms with Crippen molar-refractivity contribution in [1.29, 1.82) is 0 Å². The van der Waals surface area contributed by atoms with E-state index in [9.17, 15) is 4.79 Å². The van der Waals surface area contributed by atoms with Gasteiger partial charge in [-0.05, 0) is 18.1 Å². The summed E-state index contributed by atoms with van der Waals surface area (Å²) in [5, 5.41) is 11.0. The highest BCUT2D eigenvalue weighted by Crippen LogP contribution is 2.27. The Hall–Kier alpha value is -2.67. The standard InChI is InChI=1S/C18H19ClN6O/c1-2-14-12(4-3-6-20-14)11-25-15-5-7-24(10-13(15)8-22-25)16-9-21-23-18(26)17(16)19/h3-4,6,8-9H,2,5,7,10-11H2,1H3,(H,23,26). The molecule has 0 amide bonds. The fraction of sp³-hybridized carbons (Fsp3) is 0.333. The first-order chi connectivity index (χ1) is 12.7. The van der Waals surface area contributed by atoms with Crippen LogP contribution in [0.2, 0.25) is 5.02 Å². The molecule has 0 atom stereocenters. The van der Waals surface area contributed by atoms with Crippen molar-refractivity contribution in [2.45, 2.75) is 32.9 Å². The van der Waals surface area contributed by atoms with Crippen LogP contribution in [0.15, 0.2) is 35.5 Å². The van der Waals surface area contributed by atoms with Crippen LogP contribution in [0.4, 0.5) is 5.69 Å². The summed E-state index contributed by atoms with van der Waals surface area (Å²) in [6.45, 7) is 4.26. The van der Waals surface area contributed by atoms with Crippen LogP contribution in [0, 0.1) is 0 Å². The number of fused-ring (bicyclic) bond motifs is 1. The van der Waals surface area contributed by atoms with Gasteiger partial charge in [-0.3, -0.25) is 14.5 Å². The van der Waals surface area contributed by atoms with E-state index in [1.165, 1.54) is 11.3 Å². The number of rotatable bonds is 4. The lowest BCUT2D eigenvalue weighted by atomic mass is 10.1. The maximum atomic E-state index is 11.7. The van der Waals surface area contributed by atoms with Gasteiger partial charge in [-0.25, -0.2) is 5.10 Å². The van der Waals surface area contributed by atoms with Crippen molar-refractivity contribution < 1.29 is 0 Å². The average molecular weight is 371 g/mol. The molecule has 1 aliphatic heterocycles. The van der Waals surface area contributed by atoms with Crippen molar-refractivity contribution in [2.75, 3.05) is 11.4 Å². The summed E-state index contributed by atoms with van der Waals surface area (Å²) in [6.07, 6.45) is 7.07. The highest BCUT2D eigenvalue weighted by atomic mass is 35.5. The Labute approximate surface area is 155 Å². The molecule has 3 aromatic heterocycles. The van der Waals surface area contributed by atoms with Gasteiger partial charge in [-0.15, -0.1) is 0 Å². The predicted octanol–water partition coefficient (Wildman–Crippen LogP) is 2.19. The van der Waals surface area contributed by atoms with Gasteiger partial charge in [0.05, 0.1) is 24.6 Å². The highest BCUT2D eigenvalue weighted by molar-refractivity contribution is 6.32. The minimum absolute atomic E-state index is 0.179. The van der Waals surface area contributed by atoms with Gasteiger partial charge in [0.25, 0.3) is 5.56 Å². The van der Waals surface area contributed by atoms with Crippen molar-refractivity contribution >= 4 is 17.3 Å². The quantitative estimate of drug-likeness (QED) is 0.761. The summed E-state index contributed by atoms with van der Waals surface area (Å²) in [5.41, 5.74) is 4.97. The molecule has 8 heteroatoms. The molecular weight excluding hydrogens is 352 g/mol. The lowest BCUT2D eigenvalue weighted by Gasteiger charge is -2.29. The Bertz CT molecular complexity index is 995. The third-order valence-electron chi connectivity index (χ3n) is 4.77. The van der Waals surface area contributed by atoms with Crippen molar-refractivity contribution in [3.8, 4) is 0 Å². The van der Waals surface area contributed by atoms with Crippen molar-refractivity contribution in [1.82, 2.24) is 25.0 Å². The SMILES string of the molecule is CCc1ncccc1Cn1ncc2c1CCN(c1cn[nH]c(=O)c1Cl)C2. The van der Waals surface area contributed by atoms with Crippen LogP contribution in [0.5, 0.6) is 0 Å². The average Bonchev–Trinajstić information content (AvgIpc) is 3.06. The summed E-state index contributed by atoms with van der Waals surface area (Å²) in [4.78, 5) is 18.2. The summed E-state index contributed by atoms with van der Waals surface area (Å²) < 4.78 is 2.06. The molecule has 1 N–H and O–H groups in total. The number of nitrogens with zero attached hydrogens (tertiary/aromatic N) is 5. The molecule has 4 heterocycles. The lowest BCUT2D eigenvalue weighted by molar-refractivity contribution is 0.610. The number of H-pyrrole nitrogens is 1. The van der Waals surface area contributed by atoms with Crippen LogP contribution < -0.4 is 10.5 Å². The summed E-state index contributed by atoms with van der Waals surface area (Å²) in [5.74, 6) is 0. The fourth-order valence-corrected chi connectivity index (χ4v) is 3.64. The third-order valence-corrected chi connectivity index (χ3v) is 5.14. The number of nitrogens with one attached hydrogen (secondary N) is 1. The number of aryl methyl sites for hydroxylation is 1. The molecule has 0 aliphatic carbocycles. The number of pyridine rings is 1. The first-order valence-electron chi connectivity index (χ1n) is 8.61. The Morgan fingerprint density at radius 2 is 2.23 bits per heavy atom. The summed E-state index contributed by atoms with van der Waals surface area (Å²) in [7, 11) is 0. The Morgan fingerprint density at radius 3 is 3.08 bits per heavy atom. The Morgan fingerprint density at radius 1 is 1.35 bits per heavy atom. The highest BCUT2D eigenvalue weighted by Gasteiger charge is 2.23. The summed E-state index contributed by atoms with van der Waals surface area (Å²) >= 11 is 6.15. The molecule has 7 nitrogen and oxygen atoms in total. The maximum Gasteiger partial charge on any atom is 0.285 e. The molecule has 0 bridgehead atoms. The van der Waals surface area contributed by atoms with Crippen LogP contribution in [0.25, 0.3) is 0 Å². The number of aromatic amines is 1. The zero-order chi connectivity index (χ0) is 18.1. The summed E-state index contributed by atoms with van der Waals surface area (Å²) in [6, 6.07) is 4.07. The number of anilines is 1. The van der Waals surface area contributed by atoms with Crippen molar-refractivity contribution in [2.24, 2.45) is 0 Å². The smallest absolute Gasteiger partial charge is 0.285 e. The second-order valence-electron chi connectivity index (χ2n) is 6.31. The molecule has 26 heavy (non-hydrogen) atoms. The normalized spacial score (nSPS) is 13.7. The minimum atomic E-state index is -0.366. The van der Waals surface area contributed by atoms with Crippen LogP contribution in [0.3, 0.4) is 0 Å². The third kappa shape index (κ3) is 2.99. The molecule has 0 saturated carbocycles. The van der Waals surface area contributed by atoms with E-state index in [1.54, 1.807) is 6.20 Å². The molecule has 134 valence electrons. The first kappa shape index (κ1) is 16.8. The van der Waals surface area contributed by atoms with Crippen molar-refractivity contribution in [3.63, 3.8) is 0 Å². The van der Waals surface area contributed by atoms with Crippen LogP contribution in [0.1, 0.15) is 29.4 Å². The number of hydrogen-bond donors (Lipinski definition) is 1. The van der Waals surface area contributed by atoms with Gasteiger partial charge in [-0.2, -0.15) is 10.2 Å². The van der Waals surface area contributed by atoms with Crippen LogP contribution in [-0.4, -0.2) is 31.5 Å². The van der Waals surface area contributed by atoms with E-state index in [2.05, 4.69) is 42.9 Å². The molecule has 1 aliphatic rings. The van der Waals surface area contributed by atoms with Gasteiger partial charge >= 0.3 is 0 Å². The second kappa shape index (κ2) is 6.92. The van der Waals surface area contributed by atoms with Gasteiger partial charge in [0.1, 0.15) is 5.02 Å². The van der Waals surface area contributed by atoms with Gasteiger partial charge < -0.3 is 4.90 Å². The molecule has 0 aromatic carbocycles. The predicted molar refractivity (Wildman–Crippen MR) is 99.6 cm³/mol. The molecule has 0 spiro atoms. The molecule has 0 unspecified atom stereocenters. The minimum Gasteiger partial charge on any atom is -0.364 e. The molecule has 3 aromatic rings. The zero-order valence-electron chi connectivity index (χ0n) is 14.4. The topological polar surface area (TPSA) is 79.7 Å². The number of aromatic nitrogens is 5. The van der Waals surface area contributed by atoms with Crippen LogP contribution >= 0.6 is 11.6 Å². The maximum absolute atomic E-state index is 11.7. The fourth-order valence-electron chi connectivity index (χ4n) is 3.43. The van der Waals surface area contributed by atoms with Gasteiger partial charge in [-0.1, -0.05) is 24.6 Å². The molecular formula is C18H19ClN6O. The largest absolute Gasteiger partial charge is 0.364 e. The zero-order valence-corrected chi connectivity index (χ0v) is 15.2. The first-order valence-corrected chi connectivity index (χ1v) is 8.99. The molecule has 4 rings (SSSR count). The van der Waals surface area contributed by atoms with E-state index in [0.29, 0.717) is 12.2 Å². The number of halogens is 1. The second-order valence-corrected chi connectivity index (χ2v) is 6.68. The lowest BCUT2D eigenvalue weighted by Crippen LogP contribution is -2.32. The van der Waals surface area contributed by atoms with E-state index in [4.69, 9.17) is 11.6 Å².